The van der Waals surface area contributed by atoms with E-state index in [0.29, 0.717) is 0 Å². The highest BCUT2D eigenvalue weighted by Gasteiger charge is 2.43. The van der Waals surface area contributed by atoms with Gasteiger partial charge in [0, 0.05) is 10.8 Å². The summed E-state index contributed by atoms with van der Waals surface area (Å²) in [6, 6.07) is 2.00. The number of hydrogen-bond acceptors (Lipinski definition) is 10. The van der Waals surface area contributed by atoms with E-state index in [9.17, 15) is 40.9 Å². The van der Waals surface area contributed by atoms with Gasteiger partial charge in [0.1, 0.15) is 18.3 Å². The molecule has 1 aliphatic rings. The zero-order valence-electron chi connectivity index (χ0n) is 13.4. The maximum atomic E-state index is 10.1. The summed E-state index contributed by atoms with van der Waals surface area (Å²) in [5.74, 6) is -4.31. The summed E-state index contributed by atoms with van der Waals surface area (Å²) in [5.41, 5.74) is 0. The van der Waals surface area contributed by atoms with Crippen LogP contribution in [0.15, 0.2) is 12.1 Å². The Bertz CT molecular complexity index is 851. The molecule has 1 saturated heterocycles. The Kier molecular flexibility index (Phi) is 4.36. The summed E-state index contributed by atoms with van der Waals surface area (Å²) in [6.45, 7) is 1.45. The van der Waals surface area contributed by atoms with Crippen LogP contribution in [0.2, 0.25) is 0 Å². The van der Waals surface area contributed by atoms with E-state index in [0.717, 1.165) is 12.1 Å². The van der Waals surface area contributed by atoms with Crippen molar-refractivity contribution < 1.29 is 50.3 Å². The third kappa shape index (κ3) is 2.69. The summed E-state index contributed by atoms with van der Waals surface area (Å²) in [7, 11) is 0. The summed E-state index contributed by atoms with van der Waals surface area (Å²) < 4.78 is 10.6. The summed E-state index contributed by atoms with van der Waals surface area (Å²) in [6.07, 6.45) is -6.85. The molecule has 0 saturated carbocycles. The van der Waals surface area contributed by atoms with Gasteiger partial charge in [-0.25, -0.2) is 0 Å². The van der Waals surface area contributed by atoms with Gasteiger partial charge < -0.3 is 50.3 Å². The lowest BCUT2D eigenvalue weighted by atomic mass is 10.00. The predicted molar refractivity (Wildman–Crippen MR) is 85.3 cm³/mol. The van der Waals surface area contributed by atoms with Crippen LogP contribution in [0.1, 0.15) is 6.92 Å². The Morgan fingerprint density at radius 1 is 0.769 bits per heavy atom. The minimum Gasteiger partial charge on any atom is -0.504 e. The highest BCUT2D eigenvalue weighted by molar-refractivity contribution is 5.99. The van der Waals surface area contributed by atoms with Gasteiger partial charge in [0.25, 0.3) is 0 Å². The van der Waals surface area contributed by atoms with Crippen LogP contribution in [0.3, 0.4) is 0 Å². The largest absolute Gasteiger partial charge is 0.504 e. The summed E-state index contributed by atoms with van der Waals surface area (Å²) >= 11 is 0. The standard InChI is InChI=1S/C16H18O10/c1-4-9(18)12(21)15(24)16(25-4)26-8-3-6-5(2-7(8)17)10(19)13(22)14(23)11(6)20/h2-4,9,12,15-24H,1H3. The van der Waals surface area contributed by atoms with Crippen molar-refractivity contribution in [3.8, 4) is 34.5 Å². The molecule has 2 aromatic carbocycles. The molecule has 3 rings (SSSR count). The smallest absolute Gasteiger partial charge is 0.229 e. The lowest BCUT2D eigenvalue weighted by Gasteiger charge is -2.38. The number of hydrogen-bond donors (Lipinski definition) is 8. The monoisotopic (exact) mass is 370 g/mol. The molecule has 0 aromatic heterocycles. The molecule has 2 aromatic rings. The van der Waals surface area contributed by atoms with E-state index < -0.39 is 59.5 Å². The first-order chi connectivity index (χ1) is 12.1. The van der Waals surface area contributed by atoms with Crippen molar-refractivity contribution in [3.63, 3.8) is 0 Å². The first-order valence-corrected chi connectivity index (χ1v) is 7.62. The van der Waals surface area contributed by atoms with Crippen LogP contribution in [0.5, 0.6) is 34.5 Å². The molecule has 1 heterocycles. The normalized spacial score (nSPS) is 29.0. The quantitative estimate of drug-likeness (QED) is 0.255. The third-order valence-electron chi connectivity index (χ3n) is 4.33. The fourth-order valence-corrected chi connectivity index (χ4v) is 2.77. The summed E-state index contributed by atoms with van der Waals surface area (Å²) in [4.78, 5) is 0. The highest BCUT2D eigenvalue weighted by Crippen LogP contribution is 2.51. The third-order valence-corrected chi connectivity index (χ3v) is 4.33. The second-order valence-corrected chi connectivity index (χ2v) is 6.06. The molecule has 0 spiro atoms. The van der Waals surface area contributed by atoms with Crippen LogP contribution >= 0.6 is 0 Å². The number of fused-ring (bicyclic) bond motifs is 1. The molecule has 1 fully saturated rings. The van der Waals surface area contributed by atoms with Crippen LogP contribution in [0, 0.1) is 0 Å². The molecule has 8 N–H and O–H groups in total. The zero-order valence-corrected chi connectivity index (χ0v) is 13.4. The fraction of sp³-hybridized carbons (Fsp3) is 0.375. The van der Waals surface area contributed by atoms with Gasteiger partial charge in [0.15, 0.2) is 23.0 Å². The van der Waals surface area contributed by atoms with Gasteiger partial charge in [-0.3, -0.25) is 0 Å². The molecule has 0 amide bonds. The molecule has 0 bridgehead atoms. The molecule has 26 heavy (non-hydrogen) atoms. The predicted octanol–water partition coefficient (Wildman–Crippen LogP) is -0.426. The number of aromatic hydroxyl groups is 5. The van der Waals surface area contributed by atoms with Crippen molar-refractivity contribution in [2.45, 2.75) is 37.6 Å². The topological polar surface area (TPSA) is 180 Å². The molecule has 0 radical (unpaired) electrons. The zero-order chi connectivity index (χ0) is 19.3. The van der Waals surface area contributed by atoms with Crippen LogP contribution in [-0.2, 0) is 4.74 Å². The number of benzene rings is 2. The Labute approximate surface area is 146 Å². The van der Waals surface area contributed by atoms with Crippen molar-refractivity contribution >= 4 is 10.8 Å². The van der Waals surface area contributed by atoms with E-state index >= 15 is 0 Å². The van der Waals surface area contributed by atoms with Crippen molar-refractivity contribution in [2.24, 2.45) is 0 Å². The van der Waals surface area contributed by atoms with E-state index in [-0.39, 0.29) is 16.5 Å². The summed E-state index contributed by atoms with van der Waals surface area (Å²) in [5, 5.41) is 78.1. The molecule has 10 nitrogen and oxygen atoms in total. The van der Waals surface area contributed by atoms with Crippen molar-refractivity contribution in [1.29, 1.82) is 0 Å². The van der Waals surface area contributed by atoms with Crippen LogP contribution in [0.4, 0.5) is 0 Å². The van der Waals surface area contributed by atoms with Gasteiger partial charge in [-0.15, -0.1) is 0 Å². The van der Waals surface area contributed by atoms with Gasteiger partial charge in [0.2, 0.25) is 17.8 Å². The number of phenolic OH excluding ortho intramolecular Hbond substituents is 5. The van der Waals surface area contributed by atoms with Crippen LogP contribution < -0.4 is 4.74 Å². The van der Waals surface area contributed by atoms with Gasteiger partial charge in [-0.2, -0.15) is 0 Å². The molecule has 142 valence electrons. The minimum atomic E-state index is -1.63. The first kappa shape index (κ1) is 18.1. The highest BCUT2D eigenvalue weighted by atomic mass is 16.7. The number of ether oxygens (including phenoxy) is 2. The minimum absolute atomic E-state index is 0.162. The SMILES string of the molecule is CC1OC(Oc2cc3c(O)c(O)c(O)c(O)c3cc2O)C(O)C(O)C1O. The van der Waals surface area contributed by atoms with E-state index in [1.807, 2.05) is 0 Å². The Balaban J connectivity index is 2.02. The van der Waals surface area contributed by atoms with E-state index in [4.69, 9.17) is 9.47 Å². The van der Waals surface area contributed by atoms with Gasteiger partial charge in [-0.05, 0) is 19.1 Å². The molecular weight excluding hydrogens is 352 g/mol. The number of phenols is 5. The van der Waals surface area contributed by atoms with Crippen LogP contribution in [-0.4, -0.2) is 71.6 Å². The maximum absolute atomic E-state index is 10.1. The number of rotatable bonds is 2. The average Bonchev–Trinajstić information content (AvgIpc) is 2.61. The number of aliphatic hydroxyl groups is 3. The van der Waals surface area contributed by atoms with Crippen LogP contribution in [0.25, 0.3) is 10.8 Å². The Hall–Kier alpha value is -2.66. The van der Waals surface area contributed by atoms with Gasteiger partial charge >= 0.3 is 0 Å². The second kappa shape index (κ2) is 6.25. The van der Waals surface area contributed by atoms with Crippen molar-refractivity contribution in [1.82, 2.24) is 0 Å². The lowest BCUT2D eigenvalue weighted by Crippen LogP contribution is -2.58. The van der Waals surface area contributed by atoms with E-state index in [1.54, 1.807) is 0 Å². The molecule has 5 unspecified atom stereocenters. The molecule has 0 aliphatic carbocycles. The second-order valence-electron chi connectivity index (χ2n) is 6.06. The molecule has 1 aliphatic heterocycles. The van der Waals surface area contributed by atoms with Gasteiger partial charge in [0.05, 0.1) is 6.10 Å². The first-order valence-electron chi connectivity index (χ1n) is 7.62. The molecule has 5 atom stereocenters. The molecule has 10 heteroatoms. The van der Waals surface area contributed by atoms with Crippen molar-refractivity contribution in [3.05, 3.63) is 12.1 Å². The number of aliphatic hydroxyl groups excluding tert-OH is 3. The van der Waals surface area contributed by atoms with E-state index in [2.05, 4.69) is 0 Å². The van der Waals surface area contributed by atoms with E-state index in [1.165, 1.54) is 6.92 Å². The lowest BCUT2D eigenvalue weighted by molar-refractivity contribution is -0.268. The Morgan fingerprint density at radius 3 is 1.88 bits per heavy atom. The van der Waals surface area contributed by atoms with Crippen molar-refractivity contribution in [2.75, 3.05) is 0 Å². The van der Waals surface area contributed by atoms with Gasteiger partial charge in [-0.1, -0.05) is 0 Å². The fourth-order valence-electron chi connectivity index (χ4n) is 2.77. The average molecular weight is 370 g/mol. The maximum Gasteiger partial charge on any atom is 0.229 e. The molecular formula is C16H18O10. The Morgan fingerprint density at radius 2 is 1.31 bits per heavy atom.